The summed E-state index contributed by atoms with van der Waals surface area (Å²) in [5.74, 6) is 0.339. The second kappa shape index (κ2) is 9.87. The number of thioether (sulfide) groups is 1. The van der Waals surface area contributed by atoms with E-state index in [4.69, 9.17) is 4.74 Å². The highest BCUT2D eigenvalue weighted by Crippen LogP contribution is 2.71. The lowest BCUT2D eigenvalue weighted by atomic mass is 9.46. The van der Waals surface area contributed by atoms with Crippen LogP contribution >= 0.6 is 11.8 Å². The maximum atomic E-state index is 13.1. The Bertz CT molecular complexity index is 1150. The van der Waals surface area contributed by atoms with Crippen LogP contribution < -0.4 is 5.32 Å². The smallest absolute Gasteiger partial charge is 0.230 e. The van der Waals surface area contributed by atoms with Gasteiger partial charge in [-0.1, -0.05) is 6.92 Å². The number of hydrogen-bond donors (Lipinski definition) is 4. The number of hydrogen-bond acceptors (Lipinski definition) is 8. The van der Waals surface area contributed by atoms with E-state index in [1.807, 2.05) is 6.20 Å². The summed E-state index contributed by atoms with van der Waals surface area (Å²) in [6.07, 6.45) is 7.96. The summed E-state index contributed by atoms with van der Waals surface area (Å²) in [4.78, 5) is 46.2. The molecule has 0 aromatic carbocycles. The zero-order valence-corrected chi connectivity index (χ0v) is 22.6. The van der Waals surface area contributed by atoms with Crippen molar-refractivity contribution >= 4 is 29.2 Å². The van der Waals surface area contributed by atoms with Crippen molar-refractivity contribution in [2.24, 2.45) is 34.5 Å². The van der Waals surface area contributed by atoms with Crippen LogP contribution in [0.1, 0.15) is 57.6 Å². The molecule has 4 aliphatic carbocycles. The molecule has 5 aliphatic rings. The number of ether oxygens (including phenoxy) is 1. The van der Waals surface area contributed by atoms with Gasteiger partial charge < -0.3 is 25.3 Å². The van der Waals surface area contributed by atoms with Crippen LogP contribution in [0, 0.1) is 34.5 Å². The van der Waals surface area contributed by atoms with Crippen molar-refractivity contribution in [1.29, 1.82) is 0 Å². The minimum atomic E-state index is -0.994. The number of aliphatic hydroxyl groups is 2. The molecule has 1 amide bonds. The Labute approximate surface area is 226 Å². The van der Waals surface area contributed by atoms with E-state index in [0.717, 1.165) is 41.9 Å². The molecule has 3 saturated carbocycles. The topological polar surface area (TPSA) is 142 Å². The third-order valence-electron chi connectivity index (χ3n) is 10.5. The molecular weight excluding hydrogens is 506 g/mol. The number of ketones is 2. The van der Waals surface area contributed by atoms with Crippen molar-refractivity contribution in [2.75, 3.05) is 18.9 Å². The number of fused-ring (bicyclic) bond motifs is 6. The van der Waals surface area contributed by atoms with Gasteiger partial charge >= 0.3 is 0 Å². The van der Waals surface area contributed by atoms with Crippen molar-refractivity contribution in [3.8, 4) is 0 Å². The van der Waals surface area contributed by atoms with Crippen molar-refractivity contribution in [3.05, 3.63) is 28.7 Å². The number of Topliss-reactive ketones (excluding diaryl/α,β-unsaturated/α-hetero) is 2. The monoisotopic (exact) mass is 543 g/mol. The van der Waals surface area contributed by atoms with E-state index in [-0.39, 0.29) is 52.5 Å². The molecule has 1 aromatic heterocycles. The van der Waals surface area contributed by atoms with Crippen molar-refractivity contribution < 1.29 is 29.3 Å². The van der Waals surface area contributed by atoms with Crippen LogP contribution in [0.4, 0.5) is 0 Å². The number of imidazole rings is 1. The molecule has 2 bridgehead atoms. The van der Waals surface area contributed by atoms with E-state index in [1.54, 1.807) is 6.33 Å². The number of H-pyrrole nitrogens is 1. The molecule has 8 atom stereocenters. The Morgan fingerprint density at radius 3 is 2.89 bits per heavy atom. The SMILES string of the molecule is C[C@]12CCC(=O)C(SCC(=O)NCCc3c[nH]cn3)=C1CCC1C3CC[C@H](C(=O)CO)[C@@]34CC(O[C@@H]4O)C12. The van der Waals surface area contributed by atoms with E-state index >= 15 is 0 Å². The van der Waals surface area contributed by atoms with E-state index in [0.29, 0.717) is 38.1 Å². The zero-order valence-electron chi connectivity index (χ0n) is 21.8. The van der Waals surface area contributed by atoms with Gasteiger partial charge in [-0.05, 0) is 67.3 Å². The van der Waals surface area contributed by atoms with Gasteiger partial charge in [0.2, 0.25) is 5.91 Å². The minimum Gasteiger partial charge on any atom is -0.389 e. The predicted molar refractivity (Wildman–Crippen MR) is 140 cm³/mol. The summed E-state index contributed by atoms with van der Waals surface area (Å²) < 4.78 is 6.27. The molecular formula is C28H37N3O6S. The molecule has 4 unspecified atom stereocenters. The molecule has 9 nitrogen and oxygen atoms in total. The van der Waals surface area contributed by atoms with Crippen LogP contribution in [-0.4, -0.2) is 69.0 Å². The van der Waals surface area contributed by atoms with E-state index in [2.05, 4.69) is 22.2 Å². The number of nitrogens with zero attached hydrogens (tertiary/aromatic N) is 1. The van der Waals surface area contributed by atoms with Gasteiger partial charge in [-0.3, -0.25) is 14.4 Å². The molecule has 4 fully saturated rings. The summed E-state index contributed by atoms with van der Waals surface area (Å²) in [5, 5.41) is 23.7. The maximum absolute atomic E-state index is 13.1. The first-order valence-corrected chi connectivity index (χ1v) is 14.9. The number of allylic oxidation sites excluding steroid dienone is 1. The number of amides is 1. The molecule has 2 heterocycles. The molecule has 0 radical (unpaired) electrons. The Morgan fingerprint density at radius 1 is 1.29 bits per heavy atom. The van der Waals surface area contributed by atoms with Gasteiger partial charge in [0.15, 0.2) is 17.9 Å². The van der Waals surface area contributed by atoms with E-state index < -0.39 is 18.3 Å². The molecule has 206 valence electrons. The summed E-state index contributed by atoms with van der Waals surface area (Å²) >= 11 is 1.36. The average molecular weight is 544 g/mol. The summed E-state index contributed by atoms with van der Waals surface area (Å²) in [7, 11) is 0. The van der Waals surface area contributed by atoms with Crippen molar-refractivity contribution in [3.63, 3.8) is 0 Å². The molecule has 1 saturated heterocycles. The van der Waals surface area contributed by atoms with Crippen molar-refractivity contribution in [2.45, 2.75) is 70.7 Å². The lowest BCUT2D eigenvalue weighted by Crippen LogP contribution is -2.56. The fourth-order valence-corrected chi connectivity index (χ4v) is 10.2. The number of carbonyl (C=O) groups excluding carboxylic acids is 3. The molecule has 10 heteroatoms. The number of rotatable bonds is 8. The average Bonchev–Trinajstić information content (AvgIpc) is 3.62. The Morgan fingerprint density at radius 2 is 2.13 bits per heavy atom. The molecule has 1 aromatic rings. The molecule has 6 rings (SSSR count). The van der Waals surface area contributed by atoms with Gasteiger partial charge in [0.1, 0.15) is 6.61 Å². The highest BCUT2D eigenvalue weighted by atomic mass is 32.2. The maximum Gasteiger partial charge on any atom is 0.230 e. The molecule has 1 aliphatic heterocycles. The highest BCUT2D eigenvalue weighted by Gasteiger charge is 2.71. The van der Waals surface area contributed by atoms with Gasteiger partial charge in [-0.25, -0.2) is 4.98 Å². The van der Waals surface area contributed by atoms with Gasteiger partial charge in [0.25, 0.3) is 0 Å². The Hall–Kier alpha value is -2.01. The Balaban J connectivity index is 1.21. The highest BCUT2D eigenvalue weighted by molar-refractivity contribution is 8.04. The minimum absolute atomic E-state index is 0.0948. The van der Waals surface area contributed by atoms with Crippen LogP contribution in [0.3, 0.4) is 0 Å². The van der Waals surface area contributed by atoms with Gasteiger partial charge in [0.05, 0.1) is 28.8 Å². The first-order chi connectivity index (χ1) is 18.3. The number of aliphatic hydroxyl groups excluding tert-OH is 2. The number of aromatic nitrogens is 2. The quantitative estimate of drug-likeness (QED) is 0.391. The van der Waals surface area contributed by atoms with Crippen LogP contribution in [0.15, 0.2) is 23.0 Å². The van der Waals surface area contributed by atoms with Crippen LogP contribution in [0.2, 0.25) is 0 Å². The standard InChI is InChI=1S/C28H37N3O6S/c1-27-8-6-20(33)25(38-13-23(35)30-9-7-15-11-29-14-31-15)19(27)3-2-16-17-4-5-18(21(34)12-32)28(17)10-22(24(16)27)37-26(28)36/h11,14,16-18,22,24,26,32,36H,2-10,12-13H2,1H3,(H,29,31)(H,30,35)/t16?,17?,18-,22?,24?,26+,27+,28-/m1/s1. The third kappa shape index (κ3) is 3.93. The third-order valence-corrected chi connectivity index (χ3v) is 11.7. The van der Waals surface area contributed by atoms with Crippen LogP contribution in [-0.2, 0) is 25.5 Å². The van der Waals surface area contributed by atoms with Gasteiger partial charge in [-0.2, -0.15) is 0 Å². The fraction of sp³-hybridized carbons (Fsp3) is 0.714. The number of nitrogens with one attached hydrogen (secondary N) is 2. The summed E-state index contributed by atoms with van der Waals surface area (Å²) in [5.41, 5.74) is 1.21. The first-order valence-electron chi connectivity index (χ1n) is 13.9. The van der Waals surface area contributed by atoms with E-state index in [9.17, 15) is 24.6 Å². The second-order valence-corrected chi connectivity index (χ2v) is 13.0. The summed E-state index contributed by atoms with van der Waals surface area (Å²) in [6, 6.07) is 0. The number of carbonyl (C=O) groups is 3. The largest absolute Gasteiger partial charge is 0.389 e. The fourth-order valence-electron chi connectivity index (χ4n) is 9.02. The molecule has 38 heavy (non-hydrogen) atoms. The lowest BCUT2D eigenvalue weighted by Gasteiger charge is -2.57. The van der Waals surface area contributed by atoms with Gasteiger partial charge in [-0.15, -0.1) is 11.8 Å². The first kappa shape index (κ1) is 26.2. The predicted octanol–water partition coefficient (Wildman–Crippen LogP) is 2.15. The zero-order chi connectivity index (χ0) is 26.7. The van der Waals surface area contributed by atoms with E-state index in [1.165, 1.54) is 11.8 Å². The second-order valence-electron chi connectivity index (χ2n) is 12.0. The Kier molecular flexibility index (Phi) is 6.81. The normalized spacial score (nSPS) is 39.5. The van der Waals surface area contributed by atoms with Crippen molar-refractivity contribution in [1.82, 2.24) is 15.3 Å². The summed E-state index contributed by atoms with van der Waals surface area (Å²) in [6.45, 7) is 2.26. The molecule has 4 N–H and O–H groups in total. The van der Waals surface area contributed by atoms with Crippen LogP contribution in [0.25, 0.3) is 0 Å². The van der Waals surface area contributed by atoms with Crippen LogP contribution in [0.5, 0.6) is 0 Å². The molecule has 1 spiro atoms. The van der Waals surface area contributed by atoms with Gasteiger partial charge in [0, 0.05) is 36.9 Å². The number of aromatic amines is 1. The lowest BCUT2D eigenvalue weighted by molar-refractivity contribution is -0.160.